The number of carbonyl (C=O) groups is 1. The van der Waals surface area contributed by atoms with Crippen LogP contribution in [0.3, 0.4) is 0 Å². The van der Waals surface area contributed by atoms with Crippen LogP contribution < -0.4 is 5.32 Å². The van der Waals surface area contributed by atoms with E-state index >= 15 is 0 Å². The first kappa shape index (κ1) is 11.6. The van der Waals surface area contributed by atoms with Crippen molar-refractivity contribution in [2.75, 3.05) is 12.3 Å². The molecule has 0 saturated heterocycles. The van der Waals surface area contributed by atoms with Gasteiger partial charge in [0.05, 0.1) is 11.8 Å². The molecule has 0 aliphatic heterocycles. The molecule has 0 heterocycles. The highest BCUT2D eigenvalue weighted by atomic mass is 32.2. The van der Waals surface area contributed by atoms with Crippen LogP contribution in [0.15, 0.2) is 29.2 Å². The van der Waals surface area contributed by atoms with E-state index in [4.69, 9.17) is 5.26 Å². The fourth-order valence-corrected chi connectivity index (χ4v) is 1.70. The Hall–Kier alpha value is -1.47. The largest absolute Gasteiger partial charge is 0.342 e. The Bertz CT molecular complexity index is 367. The number of nitriles is 1. The molecule has 3 nitrogen and oxygen atoms in total. The minimum absolute atomic E-state index is 0.0767. The van der Waals surface area contributed by atoms with Crippen LogP contribution in [0.25, 0.3) is 0 Å². The standard InChI is InChI=1S/C11H12N2OS/c1-9-2-4-10(5-3-9)15-8-11(14)13-7-6-12/h2-5H,7-8H2,1H3,(H,13,14). The number of nitrogens with one attached hydrogen (secondary N) is 1. The predicted molar refractivity (Wildman–Crippen MR) is 60.5 cm³/mol. The lowest BCUT2D eigenvalue weighted by molar-refractivity contribution is -0.118. The van der Waals surface area contributed by atoms with Crippen molar-refractivity contribution in [2.24, 2.45) is 0 Å². The van der Waals surface area contributed by atoms with Crippen molar-refractivity contribution in [1.82, 2.24) is 5.32 Å². The van der Waals surface area contributed by atoms with Gasteiger partial charge in [-0.05, 0) is 19.1 Å². The van der Waals surface area contributed by atoms with E-state index in [9.17, 15) is 4.79 Å². The zero-order valence-electron chi connectivity index (χ0n) is 8.49. The molecule has 0 aliphatic rings. The molecule has 0 radical (unpaired) electrons. The Balaban J connectivity index is 2.34. The Morgan fingerprint density at radius 3 is 2.73 bits per heavy atom. The number of amides is 1. The average Bonchev–Trinajstić information content (AvgIpc) is 2.25. The summed E-state index contributed by atoms with van der Waals surface area (Å²) in [6.07, 6.45) is 0. The molecular formula is C11H12N2OS. The topological polar surface area (TPSA) is 52.9 Å². The number of aryl methyl sites for hydroxylation is 1. The molecule has 1 N–H and O–H groups in total. The summed E-state index contributed by atoms with van der Waals surface area (Å²) in [6.45, 7) is 2.10. The van der Waals surface area contributed by atoms with Gasteiger partial charge < -0.3 is 5.32 Å². The van der Waals surface area contributed by atoms with Crippen molar-refractivity contribution < 1.29 is 4.79 Å². The predicted octanol–water partition coefficient (Wildman–Crippen LogP) is 1.73. The van der Waals surface area contributed by atoms with Crippen molar-refractivity contribution in [3.63, 3.8) is 0 Å². The summed E-state index contributed by atoms with van der Waals surface area (Å²) < 4.78 is 0. The third kappa shape index (κ3) is 4.52. The zero-order valence-corrected chi connectivity index (χ0v) is 9.30. The van der Waals surface area contributed by atoms with Gasteiger partial charge in [0.15, 0.2) is 0 Å². The molecule has 0 saturated carbocycles. The van der Waals surface area contributed by atoms with E-state index in [1.54, 1.807) is 0 Å². The minimum Gasteiger partial charge on any atom is -0.342 e. The zero-order chi connectivity index (χ0) is 11.1. The molecule has 0 aromatic heterocycles. The normalized spacial score (nSPS) is 9.33. The molecule has 1 rings (SSSR count). The lowest BCUT2D eigenvalue weighted by Crippen LogP contribution is -2.25. The summed E-state index contributed by atoms with van der Waals surface area (Å²) in [5.41, 5.74) is 1.20. The van der Waals surface area contributed by atoms with Gasteiger partial charge >= 0.3 is 0 Å². The van der Waals surface area contributed by atoms with Crippen molar-refractivity contribution in [3.8, 4) is 6.07 Å². The van der Waals surface area contributed by atoms with Crippen molar-refractivity contribution >= 4 is 17.7 Å². The smallest absolute Gasteiger partial charge is 0.231 e. The van der Waals surface area contributed by atoms with E-state index in [0.29, 0.717) is 5.75 Å². The molecule has 1 aromatic carbocycles. The van der Waals surface area contributed by atoms with Crippen LogP contribution in [-0.2, 0) is 4.79 Å². The summed E-state index contributed by atoms with van der Waals surface area (Å²) in [5, 5.41) is 10.8. The number of hydrogen-bond donors (Lipinski definition) is 1. The molecule has 1 aromatic rings. The maximum Gasteiger partial charge on any atom is 0.231 e. The molecule has 15 heavy (non-hydrogen) atoms. The molecule has 0 unspecified atom stereocenters. The summed E-state index contributed by atoms with van der Waals surface area (Å²) >= 11 is 1.47. The second-order valence-electron chi connectivity index (χ2n) is 3.04. The van der Waals surface area contributed by atoms with Gasteiger partial charge in [0.2, 0.25) is 5.91 Å². The SMILES string of the molecule is Cc1ccc(SCC(=O)NCC#N)cc1. The Morgan fingerprint density at radius 2 is 2.13 bits per heavy atom. The second-order valence-corrected chi connectivity index (χ2v) is 4.09. The van der Waals surface area contributed by atoms with Crippen LogP contribution in [-0.4, -0.2) is 18.2 Å². The molecule has 0 atom stereocenters. The first-order valence-corrected chi connectivity index (χ1v) is 5.54. The van der Waals surface area contributed by atoms with E-state index in [0.717, 1.165) is 4.90 Å². The van der Waals surface area contributed by atoms with E-state index in [-0.39, 0.29) is 12.5 Å². The number of carbonyl (C=O) groups excluding carboxylic acids is 1. The summed E-state index contributed by atoms with van der Waals surface area (Å²) in [5.74, 6) is 0.243. The fraction of sp³-hybridized carbons (Fsp3) is 0.273. The summed E-state index contributed by atoms with van der Waals surface area (Å²) in [6, 6.07) is 9.85. The van der Waals surface area contributed by atoms with Gasteiger partial charge in [0.1, 0.15) is 6.54 Å². The minimum atomic E-state index is -0.109. The van der Waals surface area contributed by atoms with Gasteiger partial charge in [-0.3, -0.25) is 4.79 Å². The first-order chi connectivity index (χ1) is 7.22. The van der Waals surface area contributed by atoms with E-state index in [2.05, 4.69) is 5.32 Å². The number of hydrogen-bond acceptors (Lipinski definition) is 3. The highest BCUT2D eigenvalue weighted by Gasteiger charge is 2.01. The highest BCUT2D eigenvalue weighted by Crippen LogP contribution is 2.17. The fourth-order valence-electron chi connectivity index (χ4n) is 0.973. The van der Waals surface area contributed by atoms with Crippen LogP contribution in [0.5, 0.6) is 0 Å². The van der Waals surface area contributed by atoms with Gasteiger partial charge in [-0.25, -0.2) is 0 Å². The van der Waals surface area contributed by atoms with E-state index in [1.807, 2.05) is 37.3 Å². The number of rotatable bonds is 4. The van der Waals surface area contributed by atoms with E-state index in [1.165, 1.54) is 17.3 Å². The number of nitrogens with zero attached hydrogens (tertiary/aromatic N) is 1. The summed E-state index contributed by atoms with van der Waals surface area (Å²) in [7, 11) is 0. The number of thioether (sulfide) groups is 1. The quantitative estimate of drug-likeness (QED) is 0.621. The maximum atomic E-state index is 11.2. The van der Waals surface area contributed by atoms with Crippen LogP contribution in [0, 0.1) is 18.3 Å². The van der Waals surface area contributed by atoms with Gasteiger partial charge in [-0.2, -0.15) is 5.26 Å². The van der Waals surface area contributed by atoms with Crippen LogP contribution in [0.2, 0.25) is 0 Å². The molecule has 78 valence electrons. The Morgan fingerprint density at radius 1 is 1.47 bits per heavy atom. The van der Waals surface area contributed by atoms with Crippen molar-refractivity contribution in [1.29, 1.82) is 5.26 Å². The van der Waals surface area contributed by atoms with Gasteiger partial charge in [-0.15, -0.1) is 11.8 Å². The third-order valence-electron chi connectivity index (χ3n) is 1.76. The van der Waals surface area contributed by atoms with Gasteiger partial charge in [-0.1, -0.05) is 17.7 Å². The monoisotopic (exact) mass is 220 g/mol. The molecule has 0 bridgehead atoms. The van der Waals surface area contributed by atoms with Crippen LogP contribution in [0.1, 0.15) is 5.56 Å². The van der Waals surface area contributed by atoms with Gasteiger partial charge in [0, 0.05) is 4.90 Å². The van der Waals surface area contributed by atoms with Crippen LogP contribution in [0.4, 0.5) is 0 Å². The van der Waals surface area contributed by atoms with Crippen LogP contribution >= 0.6 is 11.8 Å². The molecule has 1 amide bonds. The maximum absolute atomic E-state index is 11.2. The average molecular weight is 220 g/mol. The highest BCUT2D eigenvalue weighted by molar-refractivity contribution is 8.00. The lowest BCUT2D eigenvalue weighted by Gasteiger charge is -2.01. The Labute approximate surface area is 93.5 Å². The third-order valence-corrected chi connectivity index (χ3v) is 2.77. The second kappa shape index (κ2) is 6.10. The Kier molecular flexibility index (Phi) is 4.72. The summed E-state index contributed by atoms with van der Waals surface area (Å²) in [4.78, 5) is 12.2. The molecule has 0 aliphatic carbocycles. The molecular weight excluding hydrogens is 208 g/mol. The molecule has 0 spiro atoms. The van der Waals surface area contributed by atoms with E-state index < -0.39 is 0 Å². The first-order valence-electron chi connectivity index (χ1n) is 4.55. The molecule has 4 heteroatoms. The van der Waals surface area contributed by atoms with Crippen molar-refractivity contribution in [3.05, 3.63) is 29.8 Å². The lowest BCUT2D eigenvalue weighted by atomic mass is 10.2. The number of benzene rings is 1. The molecule has 0 fully saturated rings. The van der Waals surface area contributed by atoms with Crippen molar-refractivity contribution in [2.45, 2.75) is 11.8 Å². The van der Waals surface area contributed by atoms with Gasteiger partial charge in [0.25, 0.3) is 0 Å².